The van der Waals surface area contributed by atoms with Crippen molar-refractivity contribution in [1.29, 1.82) is 0 Å². The lowest BCUT2D eigenvalue weighted by Crippen LogP contribution is -2.69. The fraction of sp³-hybridized carbons (Fsp3) is 0.222. The first-order valence-corrected chi connectivity index (χ1v) is 11.4. The molecule has 34 heavy (non-hydrogen) atoms. The smallest absolute Gasteiger partial charge is 0.390 e. The Hall–Kier alpha value is -3.87. The molecule has 5 nitrogen and oxygen atoms in total. The van der Waals surface area contributed by atoms with Gasteiger partial charge in [-0.3, -0.25) is 0 Å². The van der Waals surface area contributed by atoms with Gasteiger partial charge in [-0.15, -0.1) is 4.57 Å². The number of cyclic esters (lactones) is 1. The Morgan fingerprint density at radius 1 is 1.06 bits per heavy atom. The van der Waals surface area contributed by atoms with Crippen molar-refractivity contribution in [3.8, 4) is 17.1 Å². The van der Waals surface area contributed by atoms with Gasteiger partial charge in [0.05, 0.1) is 0 Å². The maximum atomic E-state index is 15.4. The Labute approximate surface area is 195 Å². The molecule has 2 aromatic carbocycles. The first kappa shape index (κ1) is 20.7. The zero-order valence-electron chi connectivity index (χ0n) is 18.8. The summed E-state index contributed by atoms with van der Waals surface area (Å²) in [6.45, 7) is 3.97. The van der Waals surface area contributed by atoms with E-state index < -0.39 is 29.4 Å². The molecule has 6 rings (SSSR count). The van der Waals surface area contributed by atoms with Crippen molar-refractivity contribution >= 4 is 5.97 Å². The third kappa shape index (κ3) is 2.61. The Morgan fingerprint density at radius 2 is 1.82 bits per heavy atom. The van der Waals surface area contributed by atoms with E-state index >= 15 is 4.39 Å². The molecule has 170 valence electrons. The van der Waals surface area contributed by atoms with E-state index in [-0.39, 0.29) is 5.92 Å². The minimum atomic E-state index is -0.824. The summed E-state index contributed by atoms with van der Waals surface area (Å²) >= 11 is 0. The first-order valence-electron chi connectivity index (χ1n) is 11.4. The van der Waals surface area contributed by atoms with Crippen molar-refractivity contribution in [3.05, 3.63) is 102 Å². The number of imidazole rings is 1. The van der Waals surface area contributed by atoms with Crippen LogP contribution in [-0.4, -0.2) is 10.5 Å². The second-order valence-electron chi connectivity index (χ2n) is 8.87. The molecule has 0 bridgehead atoms. The van der Waals surface area contributed by atoms with E-state index in [1.54, 1.807) is 12.1 Å². The van der Waals surface area contributed by atoms with Gasteiger partial charge in [-0.25, -0.2) is 18.1 Å². The second kappa shape index (κ2) is 7.32. The fourth-order valence-corrected chi connectivity index (χ4v) is 5.79. The minimum absolute atomic E-state index is 0.356. The predicted octanol–water partition coefficient (Wildman–Crippen LogP) is 4.59. The number of esters is 1. The van der Waals surface area contributed by atoms with Crippen LogP contribution in [0.1, 0.15) is 48.5 Å². The molecule has 0 aliphatic carbocycles. The molecule has 0 spiro atoms. The molecule has 0 saturated carbocycles. The lowest BCUT2D eigenvalue weighted by molar-refractivity contribution is -0.863. The summed E-state index contributed by atoms with van der Waals surface area (Å²) in [5.41, 5.74) is 1.39. The maximum Gasteiger partial charge on any atom is 0.408 e. The van der Waals surface area contributed by atoms with Crippen LogP contribution in [0.15, 0.2) is 79.3 Å². The van der Waals surface area contributed by atoms with Crippen LogP contribution >= 0.6 is 0 Å². The number of rotatable bonds is 3. The van der Waals surface area contributed by atoms with Crippen molar-refractivity contribution in [2.24, 2.45) is 0 Å². The second-order valence-corrected chi connectivity index (χ2v) is 8.87. The van der Waals surface area contributed by atoms with Crippen molar-refractivity contribution < 1.29 is 27.4 Å². The van der Waals surface area contributed by atoms with Crippen molar-refractivity contribution in [1.82, 2.24) is 4.57 Å². The van der Waals surface area contributed by atoms with Gasteiger partial charge >= 0.3 is 12.2 Å². The van der Waals surface area contributed by atoms with Crippen molar-refractivity contribution in [2.45, 2.75) is 38.0 Å². The van der Waals surface area contributed by atoms with Crippen LogP contribution in [0, 0.1) is 11.6 Å². The zero-order valence-corrected chi connectivity index (χ0v) is 18.8. The van der Waals surface area contributed by atoms with Crippen LogP contribution in [0.3, 0.4) is 0 Å². The summed E-state index contributed by atoms with van der Waals surface area (Å²) in [5, 5.41) is 0. The third-order valence-electron chi connectivity index (χ3n) is 7.39. The normalized spacial score (nSPS) is 22.6. The number of nitrogens with zero attached hydrogens (tertiary/aromatic N) is 3. The molecule has 4 heterocycles. The summed E-state index contributed by atoms with van der Waals surface area (Å²) in [7, 11) is 0. The predicted molar refractivity (Wildman–Crippen MR) is 119 cm³/mol. The molecule has 4 aromatic rings. The molecule has 0 amide bonds. The number of hydrogen-bond acceptors (Lipinski definition) is 2. The van der Waals surface area contributed by atoms with Gasteiger partial charge in [0.15, 0.2) is 6.20 Å². The molecule has 0 saturated heterocycles. The number of aromatic nitrogens is 3. The monoisotopic (exact) mass is 459 g/mol. The van der Waals surface area contributed by atoms with E-state index in [9.17, 15) is 9.18 Å². The minimum Gasteiger partial charge on any atom is -0.390 e. The van der Waals surface area contributed by atoms with Gasteiger partial charge in [0.25, 0.3) is 11.5 Å². The number of carbonyl (C=O) groups is 1. The number of ether oxygens (including phenoxy) is 1. The Kier molecular flexibility index (Phi) is 4.46. The van der Waals surface area contributed by atoms with Gasteiger partial charge in [-0.1, -0.05) is 32.0 Å². The van der Waals surface area contributed by atoms with E-state index in [0.717, 1.165) is 11.8 Å². The molecule has 0 N–H and O–H groups in total. The lowest BCUT2D eigenvalue weighted by atomic mass is 9.72. The fourth-order valence-electron chi connectivity index (χ4n) is 5.79. The highest BCUT2D eigenvalue weighted by Gasteiger charge is 2.64. The summed E-state index contributed by atoms with van der Waals surface area (Å²) in [5.74, 6) is -1.44. The van der Waals surface area contributed by atoms with Crippen LogP contribution in [0.2, 0.25) is 0 Å². The van der Waals surface area contributed by atoms with E-state index in [1.165, 1.54) is 6.07 Å². The van der Waals surface area contributed by atoms with Gasteiger partial charge < -0.3 is 4.74 Å². The SMILES string of the molecule is CC[C@]1([C@H]2OC(=O)c3cccc[n+]32)C(C)c2cc(F)cc(F)c2-c2n(-c3ccccc3)cc[n+]21. The summed E-state index contributed by atoms with van der Waals surface area (Å²) < 4.78 is 41.7. The molecule has 2 aromatic heterocycles. The van der Waals surface area contributed by atoms with Crippen LogP contribution in [0.25, 0.3) is 17.1 Å². The number of carbonyl (C=O) groups excluding carboxylic acids is 1. The number of fused-ring (bicyclic) bond motifs is 4. The molecule has 7 heteroatoms. The van der Waals surface area contributed by atoms with Crippen LogP contribution < -0.4 is 9.13 Å². The van der Waals surface area contributed by atoms with Gasteiger partial charge in [-0.05, 0) is 36.2 Å². The largest absolute Gasteiger partial charge is 0.408 e. The molecular weight excluding hydrogens is 436 g/mol. The van der Waals surface area contributed by atoms with Crippen LogP contribution in [-0.2, 0) is 10.3 Å². The molecule has 3 atom stereocenters. The van der Waals surface area contributed by atoms with Crippen LogP contribution in [0.4, 0.5) is 8.78 Å². The maximum absolute atomic E-state index is 15.4. The summed E-state index contributed by atoms with van der Waals surface area (Å²) in [6.07, 6.45) is 5.48. The highest BCUT2D eigenvalue weighted by Crippen LogP contribution is 2.49. The van der Waals surface area contributed by atoms with E-state index in [0.29, 0.717) is 29.1 Å². The van der Waals surface area contributed by atoms with Gasteiger partial charge in [-0.2, -0.15) is 4.57 Å². The number of benzene rings is 2. The zero-order chi connectivity index (χ0) is 23.6. The highest BCUT2D eigenvalue weighted by molar-refractivity contribution is 5.86. The van der Waals surface area contributed by atoms with E-state index in [4.69, 9.17) is 4.74 Å². The molecule has 2 aliphatic rings. The lowest BCUT2D eigenvalue weighted by Gasteiger charge is -2.40. The molecule has 0 radical (unpaired) electrons. The average Bonchev–Trinajstić information content (AvgIpc) is 3.43. The summed E-state index contributed by atoms with van der Waals surface area (Å²) in [4.78, 5) is 12.8. The number of para-hydroxylation sites is 1. The van der Waals surface area contributed by atoms with Gasteiger partial charge in [0.1, 0.15) is 35.3 Å². The first-order chi connectivity index (χ1) is 16.5. The molecule has 2 aliphatic heterocycles. The topological polar surface area (TPSA) is 39.0 Å². The van der Waals surface area contributed by atoms with Gasteiger partial charge in [0.2, 0.25) is 5.54 Å². The Bertz CT molecular complexity index is 1450. The number of halogens is 2. The van der Waals surface area contributed by atoms with Gasteiger partial charge in [0, 0.05) is 24.1 Å². The Balaban J connectivity index is 1.69. The Morgan fingerprint density at radius 3 is 2.59 bits per heavy atom. The van der Waals surface area contributed by atoms with Crippen molar-refractivity contribution in [3.63, 3.8) is 0 Å². The molecular formula is C27H23F2N3O2+2. The number of hydrogen-bond donors (Lipinski definition) is 0. The van der Waals surface area contributed by atoms with Crippen LogP contribution in [0.5, 0.6) is 0 Å². The molecule has 0 fully saturated rings. The van der Waals surface area contributed by atoms with E-state index in [2.05, 4.69) is 0 Å². The van der Waals surface area contributed by atoms with Crippen molar-refractivity contribution in [2.75, 3.05) is 0 Å². The average molecular weight is 459 g/mol. The quantitative estimate of drug-likeness (QED) is 0.332. The summed E-state index contributed by atoms with van der Waals surface area (Å²) in [6, 6.07) is 17.3. The third-order valence-corrected chi connectivity index (χ3v) is 7.39. The highest BCUT2D eigenvalue weighted by atomic mass is 19.1. The number of pyridine rings is 1. The van der Waals surface area contributed by atoms with E-state index in [1.807, 2.05) is 82.5 Å². The standard InChI is InChI=1S/C27H23F2N3O2/c1-3-27(26-31-12-8-7-11-22(31)25(33)34-26)17(2)20-15-18(28)16-21(29)23(20)24-30(13-14-32(24)27)19-9-5-4-6-10-19/h4-17,26H,3H2,1-2H3/q+2/t17?,26-,27-/m1/s1. The molecule has 1 unspecified atom stereocenters.